The number of carboxylic acid groups (broad SMARTS) is 1. The molecule has 148 valence electrons. The molecule has 0 atom stereocenters. The largest absolute Gasteiger partial charge is 0.494 e. The minimum atomic E-state index is -0.885. The summed E-state index contributed by atoms with van der Waals surface area (Å²) in [6, 6.07) is 5.18. The average molecular weight is 427 g/mol. The lowest BCUT2D eigenvalue weighted by molar-refractivity contribution is 0.0696. The van der Waals surface area contributed by atoms with Gasteiger partial charge in [0.2, 0.25) is 0 Å². The Morgan fingerprint density at radius 3 is 1.85 bits per heavy atom. The van der Waals surface area contributed by atoms with Crippen LogP contribution >= 0.6 is 15.9 Å². The van der Waals surface area contributed by atoms with Gasteiger partial charge in [-0.3, -0.25) is 0 Å². The molecular weight excluding hydrogens is 392 g/mol. The van der Waals surface area contributed by atoms with Crippen molar-refractivity contribution in [1.82, 2.24) is 0 Å². The minimum Gasteiger partial charge on any atom is -0.494 e. The molecular formula is C22H35BrO3. The highest BCUT2D eigenvalue weighted by Crippen LogP contribution is 2.18. The van der Waals surface area contributed by atoms with Crippen molar-refractivity contribution in [2.24, 2.45) is 0 Å². The van der Waals surface area contributed by atoms with E-state index in [1.54, 1.807) is 19.1 Å². The number of ether oxygens (including phenoxy) is 1. The maximum absolute atomic E-state index is 11.0. The summed E-state index contributed by atoms with van der Waals surface area (Å²) in [5.41, 5.74) is 1.09. The molecule has 26 heavy (non-hydrogen) atoms. The smallest absolute Gasteiger partial charge is 0.335 e. The van der Waals surface area contributed by atoms with Gasteiger partial charge in [-0.25, -0.2) is 4.79 Å². The summed E-state index contributed by atoms with van der Waals surface area (Å²) in [4.78, 5) is 11.0. The van der Waals surface area contributed by atoms with Crippen LogP contribution < -0.4 is 4.74 Å². The van der Waals surface area contributed by atoms with Crippen LogP contribution in [-0.4, -0.2) is 23.0 Å². The number of alkyl halides is 1. The Labute approximate surface area is 167 Å². The SMILES string of the molecule is Cc1cc(OCCCCCCCCCCCCCCBr)ccc1C(=O)O. The molecule has 0 spiro atoms. The number of hydrogen-bond donors (Lipinski definition) is 1. The van der Waals surface area contributed by atoms with Crippen LogP contribution in [0.5, 0.6) is 5.75 Å². The lowest BCUT2D eigenvalue weighted by Gasteiger charge is -2.08. The quantitative estimate of drug-likeness (QED) is 0.225. The van der Waals surface area contributed by atoms with Gasteiger partial charge in [0, 0.05) is 5.33 Å². The summed E-state index contributed by atoms with van der Waals surface area (Å²) in [5, 5.41) is 10.2. The van der Waals surface area contributed by atoms with Crippen LogP contribution in [0.1, 0.15) is 93.0 Å². The third-order valence-electron chi connectivity index (χ3n) is 4.72. The van der Waals surface area contributed by atoms with Gasteiger partial charge in [0.25, 0.3) is 0 Å². The number of rotatable bonds is 16. The molecule has 0 aliphatic carbocycles. The predicted octanol–water partition coefficient (Wildman–Crippen LogP) is 7.15. The Morgan fingerprint density at radius 1 is 0.885 bits per heavy atom. The Kier molecular flexibility index (Phi) is 13.3. The van der Waals surface area contributed by atoms with E-state index in [-0.39, 0.29) is 0 Å². The van der Waals surface area contributed by atoms with Gasteiger partial charge in [-0.1, -0.05) is 80.1 Å². The Morgan fingerprint density at radius 2 is 1.38 bits per heavy atom. The van der Waals surface area contributed by atoms with Crippen molar-refractivity contribution in [3.05, 3.63) is 29.3 Å². The molecule has 0 aliphatic heterocycles. The molecule has 0 radical (unpaired) electrons. The minimum absolute atomic E-state index is 0.344. The molecule has 1 rings (SSSR count). The standard InChI is InChI=1S/C22H35BrO3/c1-19-18-20(14-15-21(19)22(24)25)26-17-13-11-9-7-5-3-2-4-6-8-10-12-16-23/h14-15,18H,2-13,16-17H2,1H3,(H,24,25). The van der Waals surface area contributed by atoms with Gasteiger partial charge in [-0.2, -0.15) is 0 Å². The highest BCUT2D eigenvalue weighted by molar-refractivity contribution is 9.09. The molecule has 0 fully saturated rings. The number of hydrogen-bond acceptors (Lipinski definition) is 2. The lowest BCUT2D eigenvalue weighted by Crippen LogP contribution is -2.02. The molecule has 0 bridgehead atoms. The van der Waals surface area contributed by atoms with Gasteiger partial charge < -0.3 is 9.84 Å². The van der Waals surface area contributed by atoms with Crippen LogP contribution in [0.3, 0.4) is 0 Å². The van der Waals surface area contributed by atoms with Gasteiger partial charge >= 0.3 is 5.97 Å². The molecule has 0 aliphatic rings. The molecule has 4 heteroatoms. The maximum Gasteiger partial charge on any atom is 0.335 e. The number of benzene rings is 1. The fourth-order valence-electron chi connectivity index (χ4n) is 3.12. The van der Waals surface area contributed by atoms with E-state index >= 15 is 0 Å². The summed E-state index contributed by atoms with van der Waals surface area (Å²) in [6.07, 6.45) is 15.9. The third-order valence-corrected chi connectivity index (χ3v) is 5.29. The van der Waals surface area contributed by atoms with Crippen LogP contribution in [0.15, 0.2) is 18.2 Å². The Bertz CT molecular complexity index is 502. The van der Waals surface area contributed by atoms with Crippen molar-refractivity contribution in [1.29, 1.82) is 0 Å². The van der Waals surface area contributed by atoms with E-state index in [1.807, 2.05) is 6.07 Å². The zero-order valence-corrected chi connectivity index (χ0v) is 17.9. The number of carbonyl (C=O) groups is 1. The number of halogens is 1. The molecule has 0 amide bonds. The normalized spacial score (nSPS) is 10.8. The highest BCUT2D eigenvalue weighted by atomic mass is 79.9. The van der Waals surface area contributed by atoms with Crippen molar-refractivity contribution in [3.8, 4) is 5.75 Å². The second-order valence-electron chi connectivity index (χ2n) is 7.06. The van der Waals surface area contributed by atoms with Crippen molar-refractivity contribution < 1.29 is 14.6 Å². The van der Waals surface area contributed by atoms with Gasteiger partial charge in [-0.05, 0) is 43.5 Å². The second kappa shape index (κ2) is 15.1. The summed E-state index contributed by atoms with van der Waals surface area (Å²) in [5.74, 6) is -0.118. The zero-order valence-electron chi connectivity index (χ0n) is 16.3. The second-order valence-corrected chi connectivity index (χ2v) is 7.85. The monoisotopic (exact) mass is 426 g/mol. The van der Waals surface area contributed by atoms with Gasteiger partial charge in [0.15, 0.2) is 0 Å². The molecule has 0 saturated heterocycles. The average Bonchev–Trinajstić information content (AvgIpc) is 2.61. The van der Waals surface area contributed by atoms with E-state index in [1.165, 1.54) is 70.6 Å². The first kappa shape index (κ1) is 23.0. The Balaban J connectivity index is 1.92. The maximum atomic E-state index is 11.0. The van der Waals surface area contributed by atoms with E-state index in [9.17, 15) is 4.79 Å². The summed E-state index contributed by atoms with van der Waals surface area (Å²) in [6.45, 7) is 2.51. The van der Waals surface area contributed by atoms with Crippen LogP contribution in [0.4, 0.5) is 0 Å². The highest BCUT2D eigenvalue weighted by Gasteiger charge is 2.07. The molecule has 1 aromatic rings. The predicted molar refractivity (Wildman–Crippen MR) is 113 cm³/mol. The number of aromatic carboxylic acids is 1. The third kappa shape index (κ3) is 10.8. The summed E-state index contributed by atoms with van der Waals surface area (Å²) >= 11 is 3.48. The van der Waals surface area contributed by atoms with Crippen LogP contribution in [0.25, 0.3) is 0 Å². The van der Waals surface area contributed by atoms with Crippen molar-refractivity contribution in [2.75, 3.05) is 11.9 Å². The van der Waals surface area contributed by atoms with E-state index in [4.69, 9.17) is 9.84 Å². The molecule has 0 aromatic heterocycles. The van der Waals surface area contributed by atoms with Crippen molar-refractivity contribution in [2.45, 2.75) is 84.0 Å². The number of carboxylic acids is 1. The van der Waals surface area contributed by atoms with E-state index in [0.29, 0.717) is 12.2 Å². The van der Waals surface area contributed by atoms with E-state index in [2.05, 4.69) is 15.9 Å². The Hall–Kier alpha value is -1.03. The van der Waals surface area contributed by atoms with E-state index < -0.39 is 5.97 Å². The molecule has 1 aromatic carbocycles. The van der Waals surface area contributed by atoms with Crippen LogP contribution in [0.2, 0.25) is 0 Å². The summed E-state index contributed by atoms with van der Waals surface area (Å²) in [7, 11) is 0. The van der Waals surface area contributed by atoms with Crippen molar-refractivity contribution in [3.63, 3.8) is 0 Å². The fraction of sp³-hybridized carbons (Fsp3) is 0.682. The van der Waals surface area contributed by atoms with Crippen molar-refractivity contribution >= 4 is 21.9 Å². The molecule has 1 N–H and O–H groups in total. The molecule has 0 saturated carbocycles. The fourth-order valence-corrected chi connectivity index (χ4v) is 3.52. The molecule has 0 unspecified atom stereocenters. The molecule has 0 heterocycles. The summed E-state index contributed by atoms with van der Waals surface area (Å²) < 4.78 is 5.73. The van der Waals surface area contributed by atoms with Gasteiger partial charge in [-0.15, -0.1) is 0 Å². The lowest BCUT2D eigenvalue weighted by atomic mass is 10.1. The van der Waals surface area contributed by atoms with Gasteiger partial charge in [0.1, 0.15) is 5.75 Å². The first-order chi connectivity index (χ1) is 12.6. The van der Waals surface area contributed by atoms with Crippen LogP contribution in [-0.2, 0) is 0 Å². The zero-order chi connectivity index (χ0) is 19.0. The number of unbranched alkanes of at least 4 members (excludes halogenated alkanes) is 11. The first-order valence-corrected chi connectivity index (χ1v) is 11.3. The topological polar surface area (TPSA) is 46.5 Å². The molecule has 3 nitrogen and oxygen atoms in total. The van der Waals surface area contributed by atoms with E-state index in [0.717, 1.165) is 23.1 Å². The van der Waals surface area contributed by atoms with Crippen LogP contribution in [0, 0.1) is 6.92 Å². The van der Waals surface area contributed by atoms with Gasteiger partial charge in [0.05, 0.1) is 12.2 Å². The first-order valence-electron chi connectivity index (χ1n) is 10.2. The number of aryl methyl sites for hydroxylation is 1.